The second-order valence-corrected chi connectivity index (χ2v) is 8.14. The molecule has 180 valence electrons. The van der Waals surface area contributed by atoms with E-state index in [-0.39, 0.29) is 17.4 Å². The normalized spacial score (nSPS) is 19.6. The molecular formula is C22H25F3N2O6. The molecule has 2 saturated heterocycles. The van der Waals surface area contributed by atoms with Crippen molar-refractivity contribution in [2.45, 2.75) is 38.5 Å². The van der Waals surface area contributed by atoms with Gasteiger partial charge in [-0.25, -0.2) is 4.79 Å². The number of aliphatic carboxylic acids is 1. The van der Waals surface area contributed by atoms with Crippen LogP contribution in [-0.4, -0.2) is 65.5 Å². The lowest BCUT2D eigenvalue weighted by molar-refractivity contribution is -0.192. The van der Waals surface area contributed by atoms with Crippen LogP contribution in [0.3, 0.4) is 0 Å². The van der Waals surface area contributed by atoms with Gasteiger partial charge in [-0.2, -0.15) is 13.2 Å². The van der Waals surface area contributed by atoms with E-state index < -0.39 is 12.1 Å². The predicted octanol–water partition coefficient (Wildman–Crippen LogP) is 3.71. The molecule has 1 atom stereocenters. The molecular weight excluding hydrogens is 445 g/mol. The fraction of sp³-hybridized carbons (Fsp3) is 0.500. The summed E-state index contributed by atoms with van der Waals surface area (Å²) in [6.07, 6.45) is 1.36. The van der Waals surface area contributed by atoms with Gasteiger partial charge in [0.15, 0.2) is 5.76 Å². The lowest BCUT2D eigenvalue weighted by Crippen LogP contribution is -2.43. The van der Waals surface area contributed by atoms with Gasteiger partial charge < -0.3 is 23.9 Å². The van der Waals surface area contributed by atoms with E-state index in [4.69, 9.17) is 23.8 Å². The van der Waals surface area contributed by atoms with Gasteiger partial charge in [-0.05, 0) is 55.9 Å². The highest BCUT2D eigenvalue weighted by Gasteiger charge is 2.43. The molecule has 0 aliphatic carbocycles. The summed E-state index contributed by atoms with van der Waals surface area (Å²) >= 11 is 0. The topological polar surface area (TPSA) is 102 Å². The number of aromatic nitrogens is 1. The summed E-state index contributed by atoms with van der Waals surface area (Å²) in [5.41, 5.74) is 0.166. The summed E-state index contributed by atoms with van der Waals surface area (Å²) in [6, 6.07) is 7.35. The van der Waals surface area contributed by atoms with Crippen LogP contribution in [0.2, 0.25) is 0 Å². The minimum absolute atomic E-state index is 0.0108. The first-order chi connectivity index (χ1) is 15.6. The number of pyridine rings is 1. The molecule has 2 fully saturated rings. The van der Waals surface area contributed by atoms with Crippen LogP contribution in [0.15, 0.2) is 41.1 Å². The maximum atomic E-state index is 12.5. The van der Waals surface area contributed by atoms with Crippen molar-refractivity contribution in [2.24, 2.45) is 5.41 Å². The summed E-state index contributed by atoms with van der Waals surface area (Å²) < 4.78 is 49.0. The number of amides is 1. The number of carboxylic acids is 1. The third kappa shape index (κ3) is 6.70. The van der Waals surface area contributed by atoms with Crippen LogP contribution in [0, 0.1) is 12.3 Å². The summed E-state index contributed by atoms with van der Waals surface area (Å²) in [7, 11) is 0. The van der Waals surface area contributed by atoms with Gasteiger partial charge >= 0.3 is 12.1 Å². The smallest absolute Gasteiger partial charge is 0.489 e. The number of carbonyl (C=O) groups excluding carboxylic acids is 1. The molecule has 1 amide bonds. The number of piperidine rings is 1. The van der Waals surface area contributed by atoms with Gasteiger partial charge in [0.25, 0.3) is 5.91 Å². The molecule has 1 spiro atoms. The van der Waals surface area contributed by atoms with E-state index in [0.29, 0.717) is 12.4 Å². The minimum Gasteiger partial charge on any atom is -0.489 e. The number of carbonyl (C=O) groups is 2. The molecule has 0 bridgehead atoms. The number of furan rings is 1. The first-order valence-corrected chi connectivity index (χ1v) is 10.4. The molecule has 0 saturated carbocycles. The molecule has 2 aromatic rings. The monoisotopic (exact) mass is 470 g/mol. The first-order valence-electron chi connectivity index (χ1n) is 10.4. The van der Waals surface area contributed by atoms with Gasteiger partial charge in [-0.1, -0.05) is 0 Å². The van der Waals surface area contributed by atoms with Crippen molar-refractivity contribution in [1.82, 2.24) is 9.88 Å². The lowest BCUT2D eigenvalue weighted by Gasteiger charge is -2.38. The Morgan fingerprint density at radius 2 is 1.97 bits per heavy atom. The van der Waals surface area contributed by atoms with Crippen LogP contribution in [0.5, 0.6) is 5.75 Å². The van der Waals surface area contributed by atoms with Gasteiger partial charge in [0, 0.05) is 19.3 Å². The first kappa shape index (κ1) is 24.6. The number of hydrogen-bond acceptors (Lipinski definition) is 6. The van der Waals surface area contributed by atoms with Crippen LogP contribution in [0.1, 0.15) is 35.6 Å². The average molecular weight is 470 g/mol. The zero-order valence-electron chi connectivity index (χ0n) is 18.0. The van der Waals surface area contributed by atoms with E-state index in [1.165, 1.54) is 0 Å². The van der Waals surface area contributed by atoms with Crippen LogP contribution in [-0.2, 0) is 9.53 Å². The SMILES string of the molecule is Cc1ccc(C(=O)N2CCC3(CC2)COC(COc2cccnc2)C3)o1.O=C(O)C(F)(F)F. The van der Waals surface area contributed by atoms with Gasteiger partial charge in [0.2, 0.25) is 0 Å². The molecule has 2 aliphatic rings. The lowest BCUT2D eigenvalue weighted by atomic mass is 9.76. The van der Waals surface area contributed by atoms with E-state index >= 15 is 0 Å². The summed E-state index contributed by atoms with van der Waals surface area (Å²) in [5, 5.41) is 7.12. The summed E-state index contributed by atoms with van der Waals surface area (Å²) in [5.74, 6) is -0.798. The molecule has 1 N–H and O–H groups in total. The van der Waals surface area contributed by atoms with Gasteiger partial charge in [0.1, 0.15) is 18.1 Å². The van der Waals surface area contributed by atoms with Gasteiger partial charge in [0.05, 0.1) is 18.9 Å². The third-order valence-electron chi connectivity index (χ3n) is 5.66. The maximum Gasteiger partial charge on any atom is 0.490 e. The van der Waals surface area contributed by atoms with Crippen LogP contribution < -0.4 is 4.74 Å². The summed E-state index contributed by atoms with van der Waals surface area (Å²) in [4.78, 5) is 27.4. The van der Waals surface area contributed by atoms with Crippen molar-refractivity contribution in [3.8, 4) is 5.75 Å². The molecule has 4 rings (SSSR count). The molecule has 33 heavy (non-hydrogen) atoms. The average Bonchev–Trinajstić information content (AvgIpc) is 3.39. The Balaban J connectivity index is 0.000000383. The molecule has 0 aromatic carbocycles. The number of likely N-dealkylation sites (tertiary alicyclic amines) is 1. The van der Waals surface area contributed by atoms with Crippen LogP contribution >= 0.6 is 0 Å². The predicted molar refractivity (Wildman–Crippen MR) is 109 cm³/mol. The van der Waals surface area contributed by atoms with Crippen molar-refractivity contribution < 1.29 is 41.8 Å². The fourth-order valence-electron chi connectivity index (χ4n) is 3.86. The largest absolute Gasteiger partial charge is 0.490 e. The Kier molecular flexibility index (Phi) is 7.62. The third-order valence-corrected chi connectivity index (χ3v) is 5.66. The Morgan fingerprint density at radius 3 is 2.52 bits per heavy atom. The maximum absolute atomic E-state index is 12.5. The zero-order valence-corrected chi connectivity index (χ0v) is 18.0. The van der Waals surface area contributed by atoms with E-state index in [9.17, 15) is 18.0 Å². The zero-order chi connectivity index (χ0) is 24.1. The molecule has 4 heterocycles. The summed E-state index contributed by atoms with van der Waals surface area (Å²) in [6.45, 7) is 4.64. The highest BCUT2D eigenvalue weighted by molar-refractivity contribution is 5.91. The Bertz CT molecular complexity index is 939. The second kappa shape index (κ2) is 10.2. The molecule has 2 aromatic heterocycles. The van der Waals surface area contributed by atoms with Crippen molar-refractivity contribution in [3.05, 3.63) is 48.2 Å². The number of alkyl halides is 3. The second-order valence-electron chi connectivity index (χ2n) is 8.14. The molecule has 8 nitrogen and oxygen atoms in total. The quantitative estimate of drug-likeness (QED) is 0.727. The highest BCUT2D eigenvalue weighted by Crippen LogP contribution is 2.42. The van der Waals surface area contributed by atoms with Crippen LogP contribution in [0.25, 0.3) is 0 Å². The molecule has 11 heteroatoms. The van der Waals surface area contributed by atoms with Crippen molar-refractivity contribution in [1.29, 1.82) is 0 Å². The van der Waals surface area contributed by atoms with Crippen molar-refractivity contribution in [2.75, 3.05) is 26.3 Å². The van der Waals surface area contributed by atoms with E-state index in [2.05, 4.69) is 4.98 Å². The number of rotatable bonds is 4. The molecule has 0 radical (unpaired) electrons. The number of ether oxygens (including phenoxy) is 2. The van der Waals surface area contributed by atoms with E-state index in [1.54, 1.807) is 18.5 Å². The standard InChI is InChI=1S/C20H24N2O4.C2HF3O2/c1-15-4-5-18(26-15)19(23)22-9-6-20(7-10-22)11-17(25-14-20)13-24-16-3-2-8-21-12-16;3-2(4,5)1(6)7/h2-5,8,12,17H,6-7,9-11,13-14H2,1H3;(H,6,7). The fourth-order valence-corrected chi connectivity index (χ4v) is 3.86. The number of aryl methyl sites for hydroxylation is 1. The van der Waals surface area contributed by atoms with Gasteiger partial charge in [-0.15, -0.1) is 0 Å². The van der Waals surface area contributed by atoms with Crippen molar-refractivity contribution in [3.63, 3.8) is 0 Å². The van der Waals surface area contributed by atoms with E-state index in [1.807, 2.05) is 30.0 Å². The molecule has 1 unspecified atom stereocenters. The van der Waals surface area contributed by atoms with Crippen LogP contribution in [0.4, 0.5) is 13.2 Å². The van der Waals surface area contributed by atoms with Crippen molar-refractivity contribution >= 4 is 11.9 Å². The van der Waals surface area contributed by atoms with E-state index in [0.717, 1.165) is 50.5 Å². The van der Waals surface area contributed by atoms with Gasteiger partial charge in [-0.3, -0.25) is 9.78 Å². The Morgan fingerprint density at radius 1 is 1.27 bits per heavy atom. The Hall–Kier alpha value is -3.08. The number of carboxylic acid groups (broad SMARTS) is 1. The Labute approximate surface area is 188 Å². The number of halogens is 3. The number of hydrogen-bond donors (Lipinski definition) is 1. The minimum atomic E-state index is -5.08. The highest BCUT2D eigenvalue weighted by atomic mass is 19.4. The number of nitrogens with zero attached hydrogens (tertiary/aromatic N) is 2. The molecule has 2 aliphatic heterocycles.